The van der Waals surface area contributed by atoms with Gasteiger partial charge in [-0.15, -0.1) is 0 Å². The smallest absolute Gasteiger partial charge is 0.326 e. The molecule has 0 spiro atoms. The number of aromatic hydroxyl groups is 1. The second kappa shape index (κ2) is 13.6. The number of aromatic amines is 1. The average Bonchev–Trinajstić information content (AvgIpc) is 3.35. The van der Waals surface area contributed by atoms with E-state index in [0.29, 0.717) is 11.3 Å². The number of benzene rings is 1. The van der Waals surface area contributed by atoms with Crippen LogP contribution in [0.15, 0.2) is 36.8 Å². The molecule has 0 radical (unpaired) electrons. The maximum atomic E-state index is 13.1. The van der Waals surface area contributed by atoms with Crippen molar-refractivity contribution in [2.24, 2.45) is 5.73 Å². The van der Waals surface area contributed by atoms with E-state index in [-0.39, 0.29) is 30.1 Å². The number of H-pyrrole nitrogens is 1. The molecule has 14 heteroatoms. The minimum absolute atomic E-state index is 0.0213. The molecule has 0 aliphatic heterocycles. The van der Waals surface area contributed by atoms with Crippen molar-refractivity contribution in [2.75, 3.05) is 11.5 Å². The lowest BCUT2D eigenvalue weighted by Gasteiger charge is -2.24. The second-order valence-corrected chi connectivity index (χ2v) is 8.38. The maximum Gasteiger partial charge on any atom is 0.326 e. The number of aliphatic carboxylic acids is 1. The number of carbonyl (C=O) groups is 4. The van der Waals surface area contributed by atoms with Crippen LogP contribution in [-0.2, 0) is 32.0 Å². The normalized spacial score (nSPS) is 14.3. The van der Waals surface area contributed by atoms with Crippen molar-refractivity contribution in [3.63, 3.8) is 0 Å². The number of phenols is 1. The molecule has 1 heterocycles. The lowest BCUT2D eigenvalue weighted by atomic mass is 10.0. The summed E-state index contributed by atoms with van der Waals surface area (Å²) < 4.78 is 0. The van der Waals surface area contributed by atoms with Crippen LogP contribution in [0.3, 0.4) is 0 Å². The van der Waals surface area contributed by atoms with E-state index in [2.05, 4.69) is 51.2 Å². The van der Waals surface area contributed by atoms with E-state index in [4.69, 9.17) is 5.73 Å². The van der Waals surface area contributed by atoms with Gasteiger partial charge in [0.1, 0.15) is 23.9 Å². The van der Waals surface area contributed by atoms with Gasteiger partial charge in [-0.3, -0.25) is 14.4 Å². The van der Waals surface area contributed by atoms with Crippen molar-refractivity contribution in [3.8, 4) is 5.75 Å². The van der Waals surface area contributed by atoms with Crippen molar-refractivity contribution >= 4 is 48.9 Å². The highest BCUT2D eigenvalue weighted by Gasteiger charge is 2.30. The summed E-state index contributed by atoms with van der Waals surface area (Å²) in [6.07, 6.45) is 2.78. The number of hydrogen-bond acceptors (Lipinski definition) is 9. The summed E-state index contributed by atoms with van der Waals surface area (Å²) >= 11 is 8.04. The highest BCUT2D eigenvalue weighted by Crippen LogP contribution is 2.12. The Bertz CT molecular complexity index is 1000. The number of thiol groups is 2. The van der Waals surface area contributed by atoms with E-state index in [9.17, 15) is 29.4 Å². The molecule has 2 rings (SSSR count). The average molecular weight is 525 g/mol. The summed E-state index contributed by atoms with van der Waals surface area (Å²) in [5.41, 5.74) is 6.71. The molecule has 12 nitrogen and oxygen atoms in total. The number of nitrogens with zero attached hydrogens (tertiary/aromatic N) is 1. The van der Waals surface area contributed by atoms with Gasteiger partial charge in [0, 0.05) is 36.2 Å². The van der Waals surface area contributed by atoms with E-state index in [0.717, 1.165) is 0 Å². The minimum Gasteiger partial charge on any atom is -0.508 e. The van der Waals surface area contributed by atoms with Gasteiger partial charge in [-0.25, -0.2) is 9.78 Å². The molecule has 4 atom stereocenters. The first-order valence-corrected chi connectivity index (χ1v) is 11.8. The Morgan fingerprint density at radius 3 is 2.06 bits per heavy atom. The van der Waals surface area contributed by atoms with Crippen LogP contribution in [0.25, 0.3) is 0 Å². The minimum atomic E-state index is -1.30. The Balaban J connectivity index is 2.16. The van der Waals surface area contributed by atoms with Crippen LogP contribution in [0.5, 0.6) is 5.75 Å². The van der Waals surface area contributed by atoms with Gasteiger partial charge in [-0.05, 0) is 17.7 Å². The molecule has 1 aromatic carbocycles. The molecule has 0 fully saturated rings. The third-order valence-electron chi connectivity index (χ3n) is 4.95. The van der Waals surface area contributed by atoms with Crippen molar-refractivity contribution in [2.45, 2.75) is 37.0 Å². The Labute approximate surface area is 212 Å². The van der Waals surface area contributed by atoms with Gasteiger partial charge in [-0.2, -0.15) is 25.3 Å². The molecule has 190 valence electrons. The van der Waals surface area contributed by atoms with Gasteiger partial charge < -0.3 is 36.9 Å². The SMILES string of the molecule is NC(CS)C(=O)NC(CS)C(=O)NC(Cc1cnc[nH]1)C(=O)NC(Cc1ccc(O)cc1)C(=O)O. The van der Waals surface area contributed by atoms with Crippen molar-refractivity contribution < 1.29 is 29.4 Å². The van der Waals surface area contributed by atoms with Gasteiger partial charge in [0.05, 0.1) is 12.4 Å². The van der Waals surface area contributed by atoms with Gasteiger partial charge in [0.25, 0.3) is 0 Å². The molecule has 0 bridgehead atoms. The van der Waals surface area contributed by atoms with Crippen LogP contribution < -0.4 is 21.7 Å². The van der Waals surface area contributed by atoms with Crippen molar-refractivity contribution in [1.29, 1.82) is 0 Å². The number of imidazole rings is 1. The fourth-order valence-electron chi connectivity index (χ4n) is 2.99. The van der Waals surface area contributed by atoms with Crippen LogP contribution in [0.1, 0.15) is 11.3 Å². The Morgan fingerprint density at radius 2 is 1.51 bits per heavy atom. The van der Waals surface area contributed by atoms with Gasteiger partial charge in [0.15, 0.2) is 0 Å². The molecule has 0 aliphatic carbocycles. The molecule has 0 aliphatic rings. The number of aromatic nitrogens is 2. The van der Waals surface area contributed by atoms with E-state index in [1.165, 1.54) is 36.8 Å². The monoisotopic (exact) mass is 524 g/mol. The standard InChI is InChI=1S/C21H28N6O6S2/c22-14(8-34)18(29)27-17(9-35)20(31)25-15(6-12-7-23-10-24-12)19(30)26-16(21(32)33)5-11-1-3-13(28)4-2-11/h1-4,7,10,14-17,28,34-35H,5-6,8-9,22H2,(H,23,24)(H,25,31)(H,26,30)(H,27,29)(H,32,33). The highest BCUT2D eigenvalue weighted by atomic mass is 32.1. The number of nitrogens with one attached hydrogen (secondary N) is 4. The third-order valence-corrected chi connectivity index (χ3v) is 5.71. The number of rotatable bonds is 13. The van der Waals surface area contributed by atoms with E-state index >= 15 is 0 Å². The molecule has 0 saturated carbocycles. The number of phenolic OH excluding ortho intramolecular Hbond substituents is 1. The first kappa shape index (κ1) is 28.0. The fourth-order valence-corrected chi connectivity index (χ4v) is 3.42. The highest BCUT2D eigenvalue weighted by molar-refractivity contribution is 7.80. The Hall–Kier alpha value is -3.23. The van der Waals surface area contributed by atoms with Crippen LogP contribution in [-0.4, -0.2) is 79.5 Å². The molecular formula is C21H28N6O6S2. The molecule has 3 amide bonds. The first-order valence-electron chi connectivity index (χ1n) is 10.5. The largest absolute Gasteiger partial charge is 0.508 e. The zero-order valence-corrected chi connectivity index (χ0v) is 20.3. The van der Waals surface area contributed by atoms with E-state index in [1.54, 1.807) is 0 Å². The second-order valence-electron chi connectivity index (χ2n) is 7.64. The van der Waals surface area contributed by atoms with Crippen LogP contribution in [0.2, 0.25) is 0 Å². The Kier molecular flexibility index (Phi) is 10.9. The van der Waals surface area contributed by atoms with Gasteiger partial charge in [-0.1, -0.05) is 12.1 Å². The Morgan fingerprint density at radius 1 is 0.914 bits per heavy atom. The maximum absolute atomic E-state index is 13.1. The zero-order valence-electron chi connectivity index (χ0n) is 18.5. The van der Waals surface area contributed by atoms with Crippen molar-refractivity contribution in [1.82, 2.24) is 25.9 Å². The zero-order chi connectivity index (χ0) is 26.0. The van der Waals surface area contributed by atoms with Crippen LogP contribution in [0.4, 0.5) is 0 Å². The molecule has 1 aromatic heterocycles. The summed E-state index contributed by atoms with van der Waals surface area (Å²) in [4.78, 5) is 56.4. The summed E-state index contributed by atoms with van der Waals surface area (Å²) in [6.45, 7) is 0. The summed E-state index contributed by atoms with van der Waals surface area (Å²) in [5.74, 6) is -3.33. The molecular weight excluding hydrogens is 496 g/mol. The third kappa shape index (κ3) is 8.81. The predicted molar refractivity (Wildman–Crippen MR) is 133 cm³/mol. The lowest BCUT2D eigenvalue weighted by Crippen LogP contribution is -2.58. The molecule has 35 heavy (non-hydrogen) atoms. The number of nitrogens with two attached hydrogens (primary N) is 1. The summed E-state index contributed by atoms with van der Waals surface area (Å²) in [6, 6.07) is 1.36. The van der Waals surface area contributed by atoms with Crippen molar-refractivity contribution in [3.05, 3.63) is 48.0 Å². The predicted octanol–water partition coefficient (Wildman–Crippen LogP) is -1.37. The van der Waals surface area contributed by atoms with E-state index < -0.39 is 47.9 Å². The van der Waals surface area contributed by atoms with Crippen LogP contribution >= 0.6 is 25.3 Å². The quantitative estimate of drug-likeness (QED) is 0.143. The molecule has 8 N–H and O–H groups in total. The summed E-state index contributed by atoms with van der Waals surface area (Å²) in [5, 5.41) is 26.4. The topological polar surface area (TPSA) is 200 Å². The van der Waals surface area contributed by atoms with Crippen LogP contribution in [0, 0.1) is 0 Å². The van der Waals surface area contributed by atoms with Gasteiger partial charge >= 0.3 is 5.97 Å². The van der Waals surface area contributed by atoms with Gasteiger partial charge in [0.2, 0.25) is 17.7 Å². The number of carboxylic acid groups (broad SMARTS) is 1. The number of carboxylic acids is 1. The number of hydrogen-bond donors (Lipinski definition) is 9. The molecule has 4 unspecified atom stereocenters. The number of carbonyl (C=O) groups excluding carboxylic acids is 3. The molecule has 0 saturated heterocycles. The van der Waals surface area contributed by atoms with E-state index in [1.807, 2.05) is 0 Å². The first-order chi connectivity index (χ1) is 16.6. The fraction of sp³-hybridized carbons (Fsp3) is 0.381. The summed E-state index contributed by atoms with van der Waals surface area (Å²) in [7, 11) is 0. The lowest BCUT2D eigenvalue weighted by molar-refractivity contribution is -0.142. The number of amides is 3. The molecule has 2 aromatic rings.